The Kier molecular flexibility index (Phi) is 8.69. The minimum Gasteiger partial charge on any atom is -0.322 e. The van der Waals surface area contributed by atoms with Crippen LogP contribution >= 0.6 is 0 Å². The van der Waals surface area contributed by atoms with Crippen LogP contribution < -0.4 is 10.6 Å². The van der Waals surface area contributed by atoms with E-state index in [-0.39, 0.29) is 16.8 Å². The fourth-order valence-corrected chi connectivity index (χ4v) is 3.77. The molecule has 44 heavy (non-hydrogen) atoms. The SMILES string of the molecule is N#Cc1cccc(C(=O)Nc2cccc(C(=O)Nc3c(C(F)(F)F)cc(C(F)(C(F)(F)F)C(F)(F)F)cc3C(F)(F)F)c2)c1. The standard InChI is InChI=1S/C26H12F13N3O2/c27-22(25(34,35)36,26(37,38)39)15-9-17(23(28,29)30)19(18(10-15)24(31,32)33)42-21(44)14-5-2-6-16(8-14)41-20(43)13-4-1-3-12(7-13)11-40/h1-10H,(H,41,43)(H,42,44). The highest BCUT2D eigenvalue weighted by molar-refractivity contribution is 6.08. The van der Waals surface area contributed by atoms with E-state index in [0.717, 1.165) is 30.3 Å². The molecule has 0 atom stereocenters. The molecule has 3 aromatic carbocycles. The molecule has 0 unspecified atom stereocenters. The summed E-state index contributed by atoms with van der Waals surface area (Å²) in [7, 11) is 0. The second-order valence-electron chi connectivity index (χ2n) is 8.78. The molecule has 3 aromatic rings. The normalized spacial score (nSPS) is 12.8. The number of rotatable bonds is 5. The topological polar surface area (TPSA) is 82.0 Å². The molecule has 0 spiro atoms. The minimum absolute atomic E-state index is 0.0646. The maximum absolute atomic E-state index is 14.5. The van der Waals surface area contributed by atoms with Crippen LogP contribution in [0.1, 0.15) is 43.0 Å². The molecular weight excluding hydrogens is 633 g/mol. The van der Waals surface area contributed by atoms with Crippen molar-refractivity contribution in [1.29, 1.82) is 5.26 Å². The Morgan fingerprint density at radius 1 is 0.614 bits per heavy atom. The van der Waals surface area contributed by atoms with Crippen LogP contribution in [0.15, 0.2) is 60.7 Å². The molecule has 0 saturated heterocycles. The lowest BCUT2D eigenvalue weighted by Crippen LogP contribution is -2.50. The van der Waals surface area contributed by atoms with Crippen LogP contribution in [-0.2, 0) is 18.0 Å². The van der Waals surface area contributed by atoms with Crippen molar-refractivity contribution in [2.45, 2.75) is 30.4 Å². The lowest BCUT2D eigenvalue weighted by molar-refractivity contribution is -0.348. The fourth-order valence-electron chi connectivity index (χ4n) is 3.77. The molecule has 0 aliphatic rings. The minimum atomic E-state index is -7.05. The van der Waals surface area contributed by atoms with E-state index in [0.29, 0.717) is 0 Å². The zero-order chi connectivity index (χ0) is 33.5. The van der Waals surface area contributed by atoms with Crippen LogP contribution in [0.3, 0.4) is 0 Å². The van der Waals surface area contributed by atoms with E-state index in [1.807, 2.05) is 0 Å². The van der Waals surface area contributed by atoms with Crippen molar-refractivity contribution in [1.82, 2.24) is 0 Å². The first-order valence-electron chi connectivity index (χ1n) is 11.4. The van der Waals surface area contributed by atoms with Crippen molar-refractivity contribution in [3.63, 3.8) is 0 Å². The van der Waals surface area contributed by atoms with Gasteiger partial charge >= 0.3 is 30.4 Å². The van der Waals surface area contributed by atoms with E-state index in [1.54, 1.807) is 6.07 Å². The van der Waals surface area contributed by atoms with E-state index in [2.05, 4.69) is 5.32 Å². The molecule has 0 fully saturated rings. The predicted octanol–water partition coefficient (Wildman–Crippen LogP) is 8.39. The second kappa shape index (κ2) is 11.4. The van der Waals surface area contributed by atoms with Gasteiger partial charge in [0.2, 0.25) is 0 Å². The van der Waals surface area contributed by atoms with Crippen LogP contribution in [0.2, 0.25) is 0 Å². The Balaban J connectivity index is 2.12. The highest BCUT2D eigenvalue weighted by Crippen LogP contribution is 2.55. The van der Waals surface area contributed by atoms with Crippen LogP contribution in [0.4, 0.5) is 68.5 Å². The Labute approximate surface area is 236 Å². The van der Waals surface area contributed by atoms with E-state index in [1.165, 1.54) is 23.5 Å². The van der Waals surface area contributed by atoms with Gasteiger partial charge in [0, 0.05) is 22.4 Å². The van der Waals surface area contributed by atoms with Gasteiger partial charge in [0.05, 0.1) is 28.4 Å². The largest absolute Gasteiger partial charge is 0.435 e. The molecule has 0 radical (unpaired) electrons. The van der Waals surface area contributed by atoms with E-state index in [4.69, 9.17) is 5.26 Å². The number of nitrogens with zero attached hydrogens (tertiary/aromatic N) is 1. The quantitative estimate of drug-likeness (QED) is 0.274. The summed E-state index contributed by atoms with van der Waals surface area (Å²) in [5, 5.41) is 12.4. The number of hydrogen-bond acceptors (Lipinski definition) is 3. The average molecular weight is 645 g/mol. The lowest BCUT2D eigenvalue weighted by Gasteiger charge is -2.32. The van der Waals surface area contributed by atoms with Gasteiger partial charge in [0.1, 0.15) is 0 Å². The smallest absolute Gasteiger partial charge is 0.322 e. The van der Waals surface area contributed by atoms with Crippen LogP contribution in [-0.4, -0.2) is 24.2 Å². The summed E-state index contributed by atoms with van der Waals surface area (Å²) >= 11 is 0. The number of carbonyl (C=O) groups is 2. The molecule has 0 saturated carbocycles. The van der Waals surface area contributed by atoms with Gasteiger partial charge in [0.25, 0.3) is 11.8 Å². The van der Waals surface area contributed by atoms with Gasteiger partial charge in [-0.15, -0.1) is 0 Å². The van der Waals surface area contributed by atoms with Crippen molar-refractivity contribution >= 4 is 23.2 Å². The van der Waals surface area contributed by atoms with Crippen molar-refractivity contribution in [2.24, 2.45) is 0 Å². The van der Waals surface area contributed by atoms with Crippen molar-refractivity contribution in [3.8, 4) is 6.07 Å². The number of nitrogens with one attached hydrogen (secondary N) is 2. The number of carbonyl (C=O) groups excluding carboxylic acids is 2. The summed E-state index contributed by atoms with van der Waals surface area (Å²) in [6, 6.07) is 8.39. The molecule has 2 N–H and O–H groups in total. The number of nitriles is 1. The van der Waals surface area contributed by atoms with Gasteiger partial charge in [-0.25, -0.2) is 4.39 Å². The summed E-state index contributed by atoms with van der Waals surface area (Å²) in [4.78, 5) is 25.2. The number of amides is 2. The molecule has 0 aromatic heterocycles. The zero-order valence-electron chi connectivity index (χ0n) is 21.0. The fraction of sp³-hybridized carbons (Fsp3) is 0.192. The number of hydrogen-bond donors (Lipinski definition) is 2. The van der Waals surface area contributed by atoms with Gasteiger partial charge in [-0.2, -0.15) is 57.9 Å². The summed E-state index contributed by atoms with van der Waals surface area (Å²) < 4.78 is 176. The zero-order valence-corrected chi connectivity index (χ0v) is 21.0. The van der Waals surface area contributed by atoms with Gasteiger partial charge in [0.15, 0.2) is 0 Å². The number of anilines is 2. The lowest BCUT2D eigenvalue weighted by atomic mass is 9.89. The van der Waals surface area contributed by atoms with E-state index < -0.39 is 82.3 Å². The number of alkyl halides is 13. The third-order valence-electron chi connectivity index (χ3n) is 5.80. The van der Waals surface area contributed by atoms with Gasteiger partial charge in [-0.05, 0) is 48.5 Å². The molecule has 0 aliphatic carbocycles. The predicted molar refractivity (Wildman–Crippen MR) is 125 cm³/mol. The first-order chi connectivity index (χ1) is 20.0. The highest BCUT2D eigenvalue weighted by Gasteiger charge is 2.74. The molecular formula is C26H12F13N3O2. The maximum Gasteiger partial charge on any atom is 0.435 e. The van der Waals surface area contributed by atoms with Gasteiger partial charge < -0.3 is 10.6 Å². The maximum atomic E-state index is 14.5. The van der Waals surface area contributed by atoms with E-state index in [9.17, 15) is 66.7 Å². The molecule has 0 bridgehead atoms. The van der Waals surface area contributed by atoms with Crippen molar-refractivity contribution in [3.05, 3.63) is 94.0 Å². The summed E-state index contributed by atoms with van der Waals surface area (Å²) in [6.07, 6.45) is -26.4. The third-order valence-corrected chi connectivity index (χ3v) is 5.80. The van der Waals surface area contributed by atoms with Crippen molar-refractivity contribution in [2.75, 3.05) is 10.6 Å². The Bertz CT molecular complexity index is 1580. The Morgan fingerprint density at radius 2 is 1.07 bits per heavy atom. The molecule has 2 amide bonds. The van der Waals surface area contributed by atoms with Gasteiger partial charge in [-0.1, -0.05) is 12.1 Å². The van der Waals surface area contributed by atoms with Crippen LogP contribution in [0.25, 0.3) is 0 Å². The Morgan fingerprint density at radius 3 is 1.52 bits per heavy atom. The first kappa shape index (κ1) is 33.7. The second-order valence-corrected chi connectivity index (χ2v) is 8.78. The molecule has 234 valence electrons. The summed E-state index contributed by atoms with van der Waals surface area (Å²) in [6.45, 7) is 0. The first-order valence-corrected chi connectivity index (χ1v) is 11.4. The van der Waals surface area contributed by atoms with Crippen molar-refractivity contribution < 1.29 is 66.7 Å². The average Bonchev–Trinajstić information content (AvgIpc) is 2.90. The molecule has 5 nitrogen and oxygen atoms in total. The summed E-state index contributed by atoms with van der Waals surface area (Å²) in [5.41, 5.74) is -18.8. The molecule has 0 aliphatic heterocycles. The monoisotopic (exact) mass is 645 g/mol. The number of halogens is 13. The van der Waals surface area contributed by atoms with Crippen LogP contribution in [0.5, 0.6) is 0 Å². The van der Waals surface area contributed by atoms with E-state index >= 15 is 0 Å². The highest BCUT2D eigenvalue weighted by atomic mass is 19.4. The molecule has 0 heterocycles. The summed E-state index contributed by atoms with van der Waals surface area (Å²) in [5.74, 6) is -2.65. The number of benzene rings is 3. The molecule has 18 heteroatoms. The third kappa shape index (κ3) is 6.71. The Hall–Kier alpha value is -4.82. The van der Waals surface area contributed by atoms with Crippen LogP contribution in [0, 0.1) is 11.3 Å². The van der Waals surface area contributed by atoms with Gasteiger partial charge in [-0.3, -0.25) is 9.59 Å². The molecule has 3 rings (SSSR count).